The fraction of sp³-hybridized carbons (Fsp3) is 0. The van der Waals surface area contributed by atoms with E-state index in [1.54, 1.807) is 6.07 Å². The van der Waals surface area contributed by atoms with E-state index in [1.807, 2.05) is 0 Å². The van der Waals surface area contributed by atoms with Gasteiger partial charge < -0.3 is 5.73 Å². The van der Waals surface area contributed by atoms with Crippen molar-refractivity contribution in [3.8, 4) is 11.4 Å². The Morgan fingerprint density at radius 2 is 2.18 bits per heavy atom. The molecule has 2 aromatic rings. The first kappa shape index (κ1) is 11.5. The summed E-state index contributed by atoms with van der Waals surface area (Å²) in [6.07, 6.45) is 3.04. The number of nitrogen functional groups attached to an aromatic ring is 1. The van der Waals surface area contributed by atoms with E-state index in [9.17, 15) is 4.39 Å². The number of hydrogen-bond acceptors (Lipinski definition) is 3. The fourth-order valence-electron chi connectivity index (χ4n) is 1.36. The largest absolute Gasteiger partial charge is 0.383 e. The molecule has 0 fully saturated rings. The van der Waals surface area contributed by atoms with Crippen LogP contribution in [0.4, 0.5) is 10.2 Å². The molecule has 1 aromatic heterocycles. The van der Waals surface area contributed by atoms with Gasteiger partial charge in [-0.3, -0.25) is 0 Å². The molecule has 0 saturated carbocycles. The first-order valence-corrected chi connectivity index (χ1v) is 5.20. The Balaban J connectivity index is 2.53. The summed E-state index contributed by atoms with van der Waals surface area (Å²) in [4.78, 5) is 8.04. The highest BCUT2D eigenvalue weighted by molar-refractivity contribution is 6.30. The van der Waals surface area contributed by atoms with E-state index < -0.39 is 5.82 Å². The smallest absolute Gasteiger partial charge is 0.164 e. The van der Waals surface area contributed by atoms with Gasteiger partial charge >= 0.3 is 0 Å². The molecular weight excluding hydrogens is 241 g/mol. The highest BCUT2D eigenvalue weighted by atomic mass is 35.5. The standard InChI is InChI=1S/C12H9ClFN3/c1-2-7-6-16-12(17-11(7)15)9-4-3-8(13)5-10(9)14/h2-6H,1H2,(H2,15,16,17). The molecule has 0 spiro atoms. The van der Waals surface area contributed by atoms with E-state index >= 15 is 0 Å². The average molecular weight is 250 g/mol. The van der Waals surface area contributed by atoms with Crippen molar-refractivity contribution in [3.05, 3.63) is 47.4 Å². The molecule has 1 heterocycles. The molecule has 86 valence electrons. The lowest BCUT2D eigenvalue weighted by Crippen LogP contribution is -1.99. The number of nitrogens with two attached hydrogens (primary N) is 1. The van der Waals surface area contributed by atoms with Gasteiger partial charge in [-0.15, -0.1) is 0 Å². The van der Waals surface area contributed by atoms with E-state index in [2.05, 4.69) is 16.5 Å². The second-order valence-electron chi connectivity index (χ2n) is 3.36. The molecule has 0 aliphatic carbocycles. The zero-order valence-corrected chi connectivity index (χ0v) is 9.58. The van der Waals surface area contributed by atoms with Crippen LogP contribution in [-0.4, -0.2) is 9.97 Å². The van der Waals surface area contributed by atoms with Crippen LogP contribution in [0.3, 0.4) is 0 Å². The summed E-state index contributed by atoms with van der Waals surface area (Å²) in [5, 5.41) is 0.321. The topological polar surface area (TPSA) is 51.8 Å². The van der Waals surface area contributed by atoms with Crippen molar-refractivity contribution in [2.45, 2.75) is 0 Å². The second-order valence-corrected chi connectivity index (χ2v) is 3.80. The lowest BCUT2D eigenvalue weighted by Gasteiger charge is -2.04. The first-order chi connectivity index (χ1) is 8.11. The third kappa shape index (κ3) is 2.26. The molecule has 0 unspecified atom stereocenters. The molecule has 2 rings (SSSR count). The van der Waals surface area contributed by atoms with Crippen LogP contribution in [0.5, 0.6) is 0 Å². The highest BCUT2D eigenvalue weighted by Crippen LogP contribution is 2.23. The third-order valence-electron chi connectivity index (χ3n) is 2.24. The Bertz CT molecular complexity index is 584. The number of benzene rings is 1. The SMILES string of the molecule is C=Cc1cnc(-c2ccc(Cl)cc2F)nc1N. The fourth-order valence-corrected chi connectivity index (χ4v) is 1.52. The Kier molecular flexibility index (Phi) is 3.06. The van der Waals surface area contributed by atoms with Gasteiger partial charge in [0.1, 0.15) is 11.6 Å². The van der Waals surface area contributed by atoms with Gasteiger partial charge in [-0.05, 0) is 18.2 Å². The van der Waals surface area contributed by atoms with Crippen LogP contribution in [0.25, 0.3) is 17.5 Å². The van der Waals surface area contributed by atoms with Gasteiger partial charge in [-0.25, -0.2) is 14.4 Å². The summed E-state index contributed by atoms with van der Waals surface area (Å²) in [6, 6.07) is 4.29. The molecule has 1 aromatic carbocycles. The molecule has 3 nitrogen and oxygen atoms in total. The number of hydrogen-bond donors (Lipinski definition) is 1. The zero-order valence-electron chi connectivity index (χ0n) is 8.82. The van der Waals surface area contributed by atoms with Gasteiger partial charge in [-0.2, -0.15) is 0 Å². The summed E-state index contributed by atoms with van der Waals surface area (Å²) in [6.45, 7) is 3.57. The van der Waals surface area contributed by atoms with Gasteiger partial charge in [0.2, 0.25) is 0 Å². The number of halogens is 2. The molecule has 0 atom stereocenters. The molecule has 0 aliphatic rings. The van der Waals surface area contributed by atoms with E-state index in [0.29, 0.717) is 10.6 Å². The van der Waals surface area contributed by atoms with Gasteiger partial charge in [0.05, 0.1) is 5.56 Å². The van der Waals surface area contributed by atoms with Crippen molar-refractivity contribution < 1.29 is 4.39 Å². The summed E-state index contributed by atoms with van der Waals surface area (Å²) in [5.41, 5.74) is 6.55. The quantitative estimate of drug-likeness (QED) is 0.889. The van der Waals surface area contributed by atoms with Crippen LogP contribution >= 0.6 is 11.6 Å². The van der Waals surface area contributed by atoms with Crippen molar-refractivity contribution in [3.63, 3.8) is 0 Å². The predicted molar refractivity (Wildman–Crippen MR) is 66.9 cm³/mol. The number of rotatable bonds is 2. The van der Waals surface area contributed by atoms with Gasteiger partial charge in [-0.1, -0.05) is 24.3 Å². The number of aromatic nitrogens is 2. The molecule has 0 saturated heterocycles. The van der Waals surface area contributed by atoms with E-state index in [-0.39, 0.29) is 17.2 Å². The zero-order chi connectivity index (χ0) is 12.4. The molecule has 0 radical (unpaired) electrons. The maximum Gasteiger partial charge on any atom is 0.164 e. The van der Waals surface area contributed by atoms with E-state index in [4.69, 9.17) is 17.3 Å². The van der Waals surface area contributed by atoms with Crippen LogP contribution in [-0.2, 0) is 0 Å². The lowest BCUT2D eigenvalue weighted by atomic mass is 10.2. The molecular formula is C12H9ClFN3. The molecule has 17 heavy (non-hydrogen) atoms. The molecule has 0 bridgehead atoms. The molecule has 2 N–H and O–H groups in total. The maximum atomic E-state index is 13.6. The highest BCUT2D eigenvalue weighted by Gasteiger charge is 2.09. The summed E-state index contributed by atoms with van der Waals surface area (Å²) >= 11 is 5.66. The summed E-state index contributed by atoms with van der Waals surface area (Å²) in [7, 11) is 0. The van der Waals surface area contributed by atoms with Crippen molar-refractivity contribution >= 4 is 23.5 Å². The number of anilines is 1. The van der Waals surface area contributed by atoms with Gasteiger partial charge in [0.25, 0.3) is 0 Å². The minimum absolute atomic E-state index is 0.224. The Morgan fingerprint density at radius 3 is 2.76 bits per heavy atom. The van der Waals surface area contributed by atoms with Crippen LogP contribution in [0, 0.1) is 5.82 Å². The third-order valence-corrected chi connectivity index (χ3v) is 2.48. The Morgan fingerprint density at radius 1 is 1.41 bits per heavy atom. The Labute approximate surface area is 103 Å². The first-order valence-electron chi connectivity index (χ1n) is 4.82. The lowest BCUT2D eigenvalue weighted by molar-refractivity contribution is 0.630. The van der Waals surface area contributed by atoms with Crippen LogP contribution in [0.2, 0.25) is 5.02 Å². The van der Waals surface area contributed by atoms with Crippen LogP contribution in [0.15, 0.2) is 31.0 Å². The van der Waals surface area contributed by atoms with Crippen molar-refractivity contribution in [1.29, 1.82) is 0 Å². The van der Waals surface area contributed by atoms with E-state index in [1.165, 1.54) is 24.4 Å². The normalized spacial score (nSPS) is 10.2. The van der Waals surface area contributed by atoms with Gasteiger partial charge in [0.15, 0.2) is 5.82 Å². The van der Waals surface area contributed by atoms with Gasteiger partial charge in [0, 0.05) is 16.8 Å². The Hall–Kier alpha value is -1.94. The number of nitrogens with zero attached hydrogens (tertiary/aromatic N) is 2. The molecule has 0 amide bonds. The second kappa shape index (κ2) is 4.51. The van der Waals surface area contributed by atoms with Crippen molar-refractivity contribution in [1.82, 2.24) is 9.97 Å². The van der Waals surface area contributed by atoms with Crippen LogP contribution in [0.1, 0.15) is 5.56 Å². The monoisotopic (exact) mass is 249 g/mol. The molecule has 0 aliphatic heterocycles. The summed E-state index contributed by atoms with van der Waals surface area (Å²) < 4.78 is 13.6. The van der Waals surface area contributed by atoms with Crippen LogP contribution < -0.4 is 5.73 Å². The molecule has 5 heteroatoms. The van der Waals surface area contributed by atoms with E-state index in [0.717, 1.165) is 0 Å². The maximum absolute atomic E-state index is 13.6. The summed E-state index contributed by atoms with van der Waals surface area (Å²) in [5.74, 6) is 0.00451. The van der Waals surface area contributed by atoms with Crippen molar-refractivity contribution in [2.24, 2.45) is 0 Å². The average Bonchev–Trinajstić information content (AvgIpc) is 2.29. The predicted octanol–water partition coefficient (Wildman–Crippen LogP) is 3.16. The minimum Gasteiger partial charge on any atom is -0.383 e. The van der Waals surface area contributed by atoms with Crippen molar-refractivity contribution in [2.75, 3.05) is 5.73 Å². The minimum atomic E-state index is -0.483.